The number of carbonyl (C=O) groups is 1. The van der Waals surface area contributed by atoms with Crippen LogP contribution in [-0.4, -0.2) is 31.7 Å². The molecule has 17 heavy (non-hydrogen) atoms. The highest BCUT2D eigenvalue weighted by Crippen LogP contribution is 2.23. The van der Waals surface area contributed by atoms with Crippen molar-refractivity contribution in [1.29, 1.82) is 0 Å². The second-order valence-corrected chi connectivity index (χ2v) is 5.80. The normalized spacial score (nSPS) is 20.4. The fraction of sp³-hybridized carbons (Fsp3) is 0.583. The second-order valence-electron chi connectivity index (χ2n) is 4.02. The lowest BCUT2D eigenvalue weighted by atomic mass is 10.1. The summed E-state index contributed by atoms with van der Waals surface area (Å²) in [6.07, 6.45) is 3.54. The van der Waals surface area contributed by atoms with Gasteiger partial charge in [-0.05, 0) is 46.6 Å². The number of Topliss-reactive ketones (excluding diaryl/α,β-unsaturated/α-hetero) is 1. The van der Waals surface area contributed by atoms with Crippen molar-refractivity contribution in [3.8, 4) is 0 Å². The van der Waals surface area contributed by atoms with E-state index >= 15 is 0 Å². The van der Waals surface area contributed by atoms with Gasteiger partial charge in [-0.3, -0.25) is 4.79 Å². The van der Waals surface area contributed by atoms with E-state index in [0.29, 0.717) is 6.61 Å². The fourth-order valence-corrected chi connectivity index (χ4v) is 3.30. The number of hydrogen-bond donors (Lipinski definition) is 0. The number of thiophene rings is 1. The Morgan fingerprint density at radius 2 is 2.47 bits per heavy atom. The maximum absolute atomic E-state index is 11.8. The highest BCUT2D eigenvalue weighted by atomic mass is 79.9. The maximum Gasteiger partial charge on any atom is 0.199 e. The number of ether oxygens (including phenoxy) is 2. The van der Waals surface area contributed by atoms with Gasteiger partial charge in [0.2, 0.25) is 0 Å². The van der Waals surface area contributed by atoms with E-state index in [1.807, 2.05) is 11.4 Å². The van der Waals surface area contributed by atoms with E-state index in [-0.39, 0.29) is 18.5 Å². The minimum atomic E-state index is 0.0303. The predicted octanol–water partition coefficient (Wildman–Crippen LogP) is 3.28. The van der Waals surface area contributed by atoms with Crippen LogP contribution in [0.5, 0.6) is 0 Å². The van der Waals surface area contributed by atoms with Gasteiger partial charge in [0.1, 0.15) is 6.61 Å². The quantitative estimate of drug-likeness (QED) is 0.781. The zero-order valence-corrected chi connectivity index (χ0v) is 11.9. The van der Waals surface area contributed by atoms with Crippen LogP contribution in [0.1, 0.15) is 28.9 Å². The van der Waals surface area contributed by atoms with E-state index < -0.39 is 0 Å². The molecule has 1 aliphatic rings. The molecule has 3 nitrogen and oxygen atoms in total. The van der Waals surface area contributed by atoms with Crippen molar-refractivity contribution in [1.82, 2.24) is 0 Å². The zero-order chi connectivity index (χ0) is 12.1. The molecular weight excluding hydrogens is 304 g/mol. The van der Waals surface area contributed by atoms with E-state index in [4.69, 9.17) is 9.47 Å². The molecule has 0 amide bonds. The molecule has 1 saturated heterocycles. The van der Waals surface area contributed by atoms with Crippen LogP contribution >= 0.6 is 27.3 Å². The summed E-state index contributed by atoms with van der Waals surface area (Å²) in [6.45, 7) is 1.48. The molecule has 5 heteroatoms. The standard InChI is InChI=1S/C12H15BrO3S/c13-10-4-6-17-12(10)11(14)8-15-7-9-3-1-2-5-16-9/h4,6,9H,1-3,5,7-8H2. The molecule has 0 spiro atoms. The van der Waals surface area contributed by atoms with Gasteiger partial charge in [0.25, 0.3) is 0 Å². The third-order valence-corrected chi connectivity index (χ3v) is 4.56. The van der Waals surface area contributed by atoms with Gasteiger partial charge in [-0.15, -0.1) is 11.3 Å². The maximum atomic E-state index is 11.8. The van der Waals surface area contributed by atoms with E-state index in [9.17, 15) is 4.79 Å². The lowest BCUT2D eigenvalue weighted by Gasteiger charge is -2.22. The van der Waals surface area contributed by atoms with Crippen LogP contribution in [0.25, 0.3) is 0 Å². The first-order valence-electron chi connectivity index (χ1n) is 5.73. The van der Waals surface area contributed by atoms with Gasteiger partial charge in [0.05, 0.1) is 17.6 Å². The van der Waals surface area contributed by atoms with E-state index in [0.717, 1.165) is 28.8 Å². The van der Waals surface area contributed by atoms with Crippen LogP contribution in [0.4, 0.5) is 0 Å². The highest BCUT2D eigenvalue weighted by Gasteiger charge is 2.16. The lowest BCUT2D eigenvalue weighted by molar-refractivity contribution is -0.0370. The van der Waals surface area contributed by atoms with Crippen molar-refractivity contribution in [2.75, 3.05) is 19.8 Å². The van der Waals surface area contributed by atoms with Crippen LogP contribution in [0, 0.1) is 0 Å². The predicted molar refractivity (Wildman–Crippen MR) is 70.8 cm³/mol. The molecule has 0 aromatic carbocycles. The second kappa shape index (κ2) is 6.64. The Bertz CT molecular complexity index is 372. The lowest BCUT2D eigenvalue weighted by Crippen LogP contribution is -2.25. The minimum Gasteiger partial charge on any atom is -0.376 e. The summed E-state index contributed by atoms with van der Waals surface area (Å²) < 4.78 is 11.8. The average molecular weight is 319 g/mol. The first-order chi connectivity index (χ1) is 8.27. The molecule has 1 unspecified atom stereocenters. The molecule has 94 valence electrons. The molecule has 2 rings (SSSR count). The molecule has 1 fully saturated rings. The van der Waals surface area contributed by atoms with Gasteiger partial charge in [-0.25, -0.2) is 0 Å². The van der Waals surface area contributed by atoms with Crippen LogP contribution in [-0.2, 0) is 9.47 Å². The van der Waals surface area contributed by atoms with E-state index in [1.54, 1.807) is 0 Å². The van der Waals surface area contributed by atoms with Crippen molar-refractivity contribution in [2.45, 2.75) is 25.4 Å². The zero-order valence-electron chi connectivity index (χ0n) is 9.49. The van der Waals surface area contributed by atoms with Crippen molar-refractivity contribution >= 4 is 33.0 Å². The van der Waals surface area contributed by atoms with Gasteiger partial charge in [-0.1, -0.05) is 0 Å². The molecule has 0 N–H and O–H groups in total. The van der Waals surface area contributed by atoms with Crippen molar-refractivity contribution < 1.29 is 14.3 Å². The van der Waals surface area contributed by atoms with Crippen molar-refractivity contribution in [3.63, 3.8) is 0 Å². The Morgan fingerprint density at radius 3 is 3.12 bits per heavy atom. The summed E-state index contributed by atoms with van der Waals surface area (Å²) in [7, 11) is 0. The van der Waals surface area contributed by atoms with E-state index in [1.165, 1.54) is 17.8 Å². The summed E-state index contributed by atoms with van der Waals surface area (Å²) in [6, 6.07) is 1.88. The largest absolute Gasteiger partial charge is 0.376 e. The molecule has 1 aromatic heterocycles. The van der Waals surface area contributed by atoms with Gasteiger partial charge >= 0.3 is 0 Å². The highest BCUT2D eigenvalue weighted by molar-refractivity contribution is 9.10. The first kappa shape index (κ1) is 13.2. The summed E-state index contributed by atoms with van der Waals surface area (Å²) in [5, 5.41) is 1.89. The molecule has 0 saturated carbocycles. The third kappa shape index (κ3) is 3.88. The number of rotatable bonds is 5. The Labute approximate surface area is 113 Å². The number of carbonyl (C=O) groups excluding carboxylic acids is 1. The molecule has 0 bridgehead atoms. The summed E-state index contributed by atoms with van der Waals surface area (Å²) in [5.74, 6) is 0.0303. The molecule has 1 aliphatic heterocycles. The van der Waals surface area contributed by atoms with Crippen molar-refractivity contribution in [3.05, 3.63) is 20.8 Å². The molecule has 1 atom stereocenters. The SMILES string of the molecule is O=C(COCC1CCCCO1)c1sccc1Br. The van der Waals surface area contributed by atoms with E-state index in [2.05, 4.69) is 15.9 Å². The minimum absolute atomic E-state index is 0.0303. The first-order valence-corrected chi connectivity index (χ1v) is 7.40. The number of ketones is 1. The van der Waals surface area contributed by atoms with Crippen LogP contribution in [0.15, 0.2) is 15.9 Å². The van der Waals surface area contributed by atoms with Crippen molar-refractivity contribution in [2.24, 2.45) is 0 Å². The summed E-state index contributed by atoms with van der Waals surface area (Å²) in [4.78, 5) is 12.5. The molecular formula is C12H15BrO3S. The molecule has 0 aliphatic carbocycles. The molecule has 2 heterocycles. The van der Waals surface area contributed by atoms with Crippen LogP contribution in [0.3, 0.4) is 0 Å². The smallest absolute Gasteiger partial charge is 0.199 e. The summed E-state index contributed by atoms with van der Waals surface area (Å²) >= 11 is 4.78. The van der Waals surface area contributed by atoms with Crippen LogP contribution in [0.2, 0.25) is 0 Å². The topological polar surface area (TPSA) is 35.5 Å². The van der Waals surface area contributed by atoms with Crippen LogP contribution < -0.4 is 0 Å². The Morgan fingerprint density at radius 1 is 1.59 bits per heavy atom. The van der Waals surface area contributed by atoms with Gasteiger partial charge < -0.3 is 9.47 Å². The Kier molecular flexibility index (Phi) is 5.16. The van der Waals surface area contributed by atoms with Gasteiger partial charge in [0, 0.05) is 11.1 Å². The van der Waals surface area contributed by atoms with Gasteiger partial charge in [-0.2, -0.15) is 0 Å². The Balaban J connectivity index is 1.71. The monoisotopic (exact) mass is 318 g/mol. The number of hydrogen-bond acceptors (Lipinski definition) is 4. The fourth-order valence-electron chi connectivity index (χ4n) is 1.78. The Hall–Kier alpha value is -0.230. The molecule has 1 aromatic rings. The third-order valence-electron chi connectivity index (χ3n) is 2.68. The molecule has 0 radical (unpaired) electrons. The number of halogens is 1. The van der Waals surface area contributed by atoms with Gasteiger partial charge in [0.15, 0.2) is 5.78 Å². The average Bonchev–Trinajstić information content (AvgIpc) is 2.77. The summed E-state index contributed by atoms with van der Waals surface area (Å²) in [5.41, 5.74) is 0.